The van der Waals surface area contributed by atoms with E-state index < -0.39 is 0 Å². The third-order valence-corrected chi connectivity index (χ3v) is 6.60. The van der Waals surface area contributed by atoms with Gasteiger partial charge >= 0.3 is 0 Å². The Labute approximate surface area is 175 Å². The maximum absolute atomic E-state index is 13.1. The van der Waals surface area contributed by atoms with Gasteiger partial charge in [0, 0.05) is 29.6 Å². The molecule has 2 nitrogen and oxygen atoms in total. The van der Waals surface area contributed by atoms with Crippen molar-refractivity contribution in [1.82, 2.24) is 0 Å². The van der Waals surface area contributed by atoms with Crippen LogP contribution in [0.1, 0.15) is 40.5 Å². The number of carbonyl (C=O) groups is 1. The van der Waals surface area contributed by atoms with E-state index in [9.17, 15) is 4.79 Å². The first-order valence-corrected chi connectivity index (χ1v) is 11.0. The van der Waals surface area contributed by atoms with Crippen molar-refractivity contribution in [2.45, 2.75) is 40.5 Å². The second-order valence-electron chi connectivity index (χ2n) is 8.90. The maximum Gasteiger partial charge on any atom is 0.142 e. The lowest BCUT2D eigenvalue weighted by molar-refractivity contribution is -0.125. The molecule has 4 aliphatic carbocycles. The molecule has 0 saturated carbocycles. The zero-order chi connectivity index (χ0) is 20.5. The van der Waals surface area contributed by atoms with Crippen LogP contribution in [0.2, 0.25) is 0 Å². The molecule has 0 aliphatic heterocycles. The molecular formula is C27H32O2. The number of carbonyl (C=O) groups excluding carboxylic acids is 1. The molecule has 0 aromatic carbocycles. The van der Waals surface area contributed by atoms with Crippen molar-refractivity contribution in [3.8, 4) is 0 Å². The van der Waals surface area contributed by atoms with E-state index in [1.807, 2.05) is 20.8 Å². The quantitative estimate of drug-likeness (QED) is 0.536. The van der Waals surface area contributed by atoms with E-state index in [4.69, 9.17) is 4.74 Å². The molecule has 0 fully saturated rings. The lowest BCUT2D eigenvalue weighted by Crippen LogP contribution is -2.27. The largest absolute Gasteiger partial charge is 0.494 e. The number of hydrogen-bond acceptors (Lipinski definition) is 2. The molecule has 29 heavy (non-hydrogen) atoms. The molecule has 0 aromatic rings. The monoisotopic (exact) mass is 388 g/mol. The molecule has 2 heteroatoms. The molecule has 0 saturated heterocycles. The van der Waals surface area contributed by atoms with Gasteiger partial charge in [-0.1, -0.05) is 62.0 Å². The Hall–Kier alpha value is -2.35. The van der Waals surface area contributed by atoms with Gasteiger partial charge in [0.05, 0.1) is 6.61 Å². The molecule has 0 radical (unpaired) electrons. The number of ketones is 1. The van der Waals surface area contributed by atoms with E-state index in [-0.39, 0.29) is 17.8 Å². The summed E-state index contributed by atoms with van der Waals surface area (Å²) >= 11 is 0. The van der Waals surface area contributed by atoms with Crippen molar-refractivity contribution in [1.29, 1.82) is 0 Å². The minimum Gasteiger partial charge on any atom is -0.494 e. The van der Waals surface area contributed by atoms with Gasteiger partial charge in [-0.25, -0.2) is 0 Å². The van der Waals surface area contributed by atoms with Gasteiger partial charge in [0.15, 0.2) is 0 Å². The molecule has 4 atom stereocenters. The molecule has 0 aromatic heterocycles. The van der Waals surface area contributed by atoms with Crippen LogP contribution in [0.3, 0.4) is 0 Å². The molecule has 4 unspecified atom stereocenters. The van der Waals surface area contributed by atoms with Gasteiger partial charge in [-0.2, -0.15) is 0 Å². The molecule has 0 bridgehead atoms. The van der Waals surface area contributed by atoms with Gasteiger partial charge in [0.25, 0.3) is 0 Å². The van der Waals surface area contributed by atoms with E-state index in [2.05, 4.69) is 61.6 Å². The van der Waals surface area contributed by atoms with Crippen LogP contribution in [-0.4, -0.2) is 12.4 Å². The fraction of sp³-hybridized carbons (Fsp3) is 0.444. The number of Topliss-reactive ketones (excluding diaryl/α,β-unsaturated/α-hetero) is 1. The zero-order valence-corrected chi connectivity index (χ0v) is 18.0. The van der Waals surface area contributed by atoms with Gasteiger partial charge in [-0.05, 0) is 55.6 Å². The van der Waals surface area contributed by atoms with Crippen LogP contribution in [0.4, 0.5) is 0 Å². The Bertz CT molecular complexity index is 901. The Kier molecular flexibility index (Phi) is 5.63. The van der Waals surface area contributed by atoms with E-state index in [0.717, 1.165) is 18.6 Å². The predicted molar refractivity (Wildman–Crippen MR) is 119 cm³/mol. The second kappa shape index (κ2) is 8.18. The summed E-state index contributed by atoms with van der Waals surface area (Å²) in [5, 5.41) is 0. The lowest BCUT2D eigenvalue weighted by atomic mass is 9.72. The van der Waals surface area contributed by atoms with Crippen molar-refractivity contribution in [2.24, 2.45) is 29.6 Å². The van der Waals surface area contributed by atoms with E-state index in [1.165, 1.54) is 22.3 Å². The van der Waals surface area contributed by atoms with Crippen LogP contribution < -0.4 is 0 Å². The van der Waals surface area contributed by atoms with Crippen LogP contribution in [0.25, 0.3) is 0 Å². The number of fused-ring (bicyclic) bond motifs is 1. The van der Waals surface area contributed by atoms with Crippen LogP contribution in [0.15, 0.2) is 82.7 Å². The summed E-state index contributed by atoms with van der Waals surface area (Å²) in [5.41, 5.74) is 5.42. The SMILES string of the molecule is CCOC1=CC2C=C(C)C(C3CC(C4=CC=CC4)=CC3C(=O)C(C)C)=CC2C=C1. The molecule has 0 spiro atoms. The molecule has 152 valence electrons. The third-order valence-electron chi connectivity index (χ3n) is 6.60. The minimum absolute atomic E-state index is 0.0141. The van der Waals surface area contributed by atoms with Gasteiger partial charge in [-0.15, -0.1) is 0 Å². The van der Waals surface area contributed by atoms with E-state index in [1.54, 1.807) is 0 Å². The average molecular weight is 389 g/mol. The van der Waals surface area contributed by atoms with Crippen molar-refractivity contribution in [3.63, 3.8) is 0 Å². The highest BCUT2D eigenvalue weighted by molar-refractivity contribution is 5.86. The normalized spacial score (nSPS) is 30.4. The third kappa shape index (κ3) is 3.90. The van der Waals surface area contributed by atoms with Gasteiger partial charge in [0.2, 0.25) is 0 Å². The fourth-order valence-corrected chi connectivity index (χ4v) is 5.08. The fourth-order valence-electron chi connectivity index (χ4n) is 5.08. The highest BCUT2D eigenvalue weighted by atomic mass is 16.5. The molecule has 0 amide bonds. The van der Waals surface area contributed by atoms with Crippen LogP contribution >= 0.6 is 0 Å². The van der Waals surface area contributed by atoms with Crippen LogP contribution in [0.5, 0.6) is 0 Å². The Morgan fingerprint density at radius 2 is 1.97 bits per heavy atom. The number of allylic oxidation sites excluding steroid dienone is 13. The van der Waals surface area contributed by atoms with Crippen molar-refractivity contribution >= 4 is 5.78 Å². The first-order valence-electron chi connectivity index (χ1n) is 11.0. The summed E-state index contributed by atoms with van der Waals surface area (Å²) in [6.45, 7) is 8.98. The molecular weight excluding hydrogens is 356 g/mol. The summed E-state index contributed by atoms with van der Waals surface area (Å²) in [6.07, 6.45) is 22.1. The van der Waals surface area contributed by atoms with Crippen molar-refractivity contribution in [2.75, 3.05) is 6.61 Å². The summed E-state index contributed by atoms with van der Waals surface area (Å²) in [6, 6.07) is 0. The smallest absolute Gasteiger partial charge is 0.142 e. The second-order valence-corrected chi connectivity index (χ2v) is 8.90. The standard InChI is InChI=1S/C27H32O2/c1-5-29-23-11-10-20-14-24(18(4)12-21(20)13-23)25-15-22(19-8-6-7-9-19)16-26(25)27(28)17(2)3/h6-8,10-14,16-17,20-21,25-26H,5,9,15H2,1-4H3. The van der Waals surface area contributed by atoms with Gasteiger partial charge < -0.3 is 4.74 Å². The van der Waals surface area contributed by atoms with Crippen LogP contribution in [-0.2, 0) is 9.53 Å². The number of rotatable bonds is 6. The lowest BCUT2D eigenvalue weighted by Gasteiger charge is -2.32. The average Bonchev–Trinajstić information content (AvgIpc) is 3.37. The summed E-state index contributed by atoms with van der Waals surface area (Å²) < 4.78 is 5.70. The number of ether oxygens (including phenoxy) is 1. The first-order chi connectivity index (χ1) is 14.0. The Balaban J connectivity index is 1.62. The highest BCUT2D eigenvalue weighted by Gasteiger charge is 2.38. The first kappa shape index (κ1) is 19.9. The minimum atomic E-state index is -0.0141. The van der Waals surface area contributed by atoms with E-state index >= 15 is 0 Å². The van der Waals surface area contributed by atoms with Crippen LogP contribution in [0, 0.1) is 29.6 Å². The van der Waals surface area contributed by atoms with E-state index in [0.29, 0.717) is 24.2 Å². The zero-order valence-electron chi connectivity index (χ0n) is 18.0. The topological polar surface area (TPSA) is 26.3 Å². The van der Waals surface area contributed by atoms with Crippen molar-refractivity contribution in [3.05, 3.63) is 82.7 Å². The van der Waals surface area contributed by atoms with Gasteiger partial charge in [0.1, 0.15) is 11.5 Å². The summed E-state index contributed by atoms with van der Waals surface area (Å²) in [5.74, 6) is 2.33. The number of hydrogen-bond donors (Lipinski definition) is 0. The highest BCUT2D eigenvalue weighted by Crippen LogP contribution is 2.46. The maximum atomic E-state index is 13.1. The molecule has 0 heterocycles. The molecule has 0 N–H and O–H groups in total. The Morgan fingerprint density at radius 3 is 2.66 bits per heavy atom. The molecule has 4 aliphatic rings. The van der Waals surface area contributed by atoms with Gasteiger partial charge in [-0.3, -0.25) is 4.79 Å². The Morgan fingerprint density at radius 1 is 1.14 bits per heavy atom. The summed E-state index contributed by atoms with van der Waals surface area (Å²) in [7, 11) is 0. The predicted octanol–water partition coefficient (Wildman–Crippen LogP) is 6.27. The van der Waals surface area contributed by atoms with Crippen molar-refractivity contribution < 1.29 is 9.53 Å². The summed E-state index contributed by atoms with van der Waals surface area (Å²) in [4.78, 5) is 13.1. The molecule has 4 rings (SSSR count).